The van der Waals surface area contributed by atoms with Crippen LogP contribution in [-0.4, -0.2) is 41.9 Å². The second-order valence-electron chi connectivity index (χ2n) is 7.70. The van der Waals surface area contributed by atoms with E-state index in [9.17, 15) is 4.79 Å². The molecule has 2 aromatic rings. The molecule has 1 aromatic carbocycles. The number of methoxy groups -OCH3 is 1. The second kappa shape index (κ2) is 6.43. The maximum absolute atomic E-state index is 13.0. The first-order valence-electron chi connectivity index (χ1n) is 9.16. The predicted octanol–water partition coefficient (Wildman–Crippen LogP) is 1.58. The number of benzene rings is 1. The Morgan fingerprint density at radius 1 is 1.38 bits per heavy atom. The van der Waals surface area contributed by atoms with Crippen LogP contribution in [0.2, 0.25) is 0 Å². The minimum Gasteiger partial charge on any atom is -0.496 e. The molecule has 2 fully saturated rings. The predicted molar refractivity (Wildman–Crippen MR) is 99.2 cm³/mol. The van der Waals surface area contributed by atoms with Gasteiger partial charge in [-0.2, -0.15) is 5.10 Å². The van der Waals surface area contributed by atoms with Crippen molar-refractivity contribution in [3.63, 3.8) is 0 Å². The Bertz CT molecular complexity index is 818. The quantitative estimate of drug-likeness (QED) is 0.855. The molecule has 1 saturated heterocycles. The lowest BCUT2D eigenvalue weighted by atomic mass is 9.90. The summed E-state index contributed by atoms with van der Waals surface area (Å²) < 4.78 is 7.30. The fraction of sp³-hybridized carbons (Fsp3) is 0.500. The minimum atomic E-state index is -0.0574. The van der Waals surface area contributed by atoms with Crippen molar-refractivity contribution in [2.24, 2.45) is 13.0 Å². The van der Waals surface area contributed by atoms with Crippen LogP contribution >= 0.6 is 0 Å². The summed E-state index contributed by atoms with van der Waals surface area (Å²) in [4.78, 5) is 13.0. The van der Waals surface area contributed by atoms with Crippen molar-refractivity contribution < 1.29 is 9.53 Å². The molecule has 26 heavy (non-hydrogen) atoms. The van der Waals surface area contributed by atoms with Crippen molar-refractivity contribution in [3.8, 4) is 5.75 Å². The van der Waals surface area contributed by atoms with Crippen LogP contribution in [0.15, 0.2) is 36.7 Å². The summed E-state index contributed by atoms with van der Waals surface area (Å²) in [5, 5.41) is 10.9. The number of ether oxygens (including phenoxy) is 1. The first-order chi connectivity index (χ1) is 12.5. The monoisotopic (exact) mass is 354 g/mol. The van der Waals surface area contributed by atoms with E-state index in [1.807, 2.05) is 37.6 Å². The van der Waals surface area contributed by atoms with E-state index in [4.69, 9.17) is 4.74 Å². The molecule has 2 heterocycles. The molecule has 2 N–H and O–H groups in total. The number of amides is 1. The van der Waals surface area contributed by atoms with Gasteiger partial charge >= 0.3 is 0 Å². The molecule has 138 valence electrons. The van der Waals surface area contributed by atoms with E-state index in [-0.39, 0.29) is 29.2 Å². The molecule has 1 aliphatic carbocycles. The molecule has 1 amide bonds. The lowest BCUT2D eigenvalue weighted by molar-refractivity contribution is -0.125. The van der Waals surface area contributed by atoms with Gasteiger partial charge in [-0.25, -0.2) is 0 Å². The highest BCUT2D eigenvalue weighted by atomic mass is 16.5. The van der Waals surface area contributed by atoms with E-state index in [1.165, 1.54) is 5.56 Å². The third kappa shape index (κ3) is 2.88. The van der Waals surface area contributed by atoms with Gasteiger partial charge in [-0.1, -0.05) is 25.1 Å². The third-order valence-corrected chi connectivity index (χ3v) is 5.98. The van der Waals surface area contributed by atoms with Gasteiger partial charge in [0.1, 0.15) is 5.75 Å². The number of para-hydroxylation sites is 1. The fourth-order valence-electron chi connectivity index (χ4n) is 4.20. The lowest BCUT2D eigenvalue weighted by Crippen LogP contribution is -2.38. The van der Waals surface area contributed by atoms with Gasteiger partial charge in [0.15, 0.2) is 0 Å². The van der Waals surface area contributed by atoms with Gasteiger partial charge in [0.05, 0.1) is 19.2 Å². The van der Waals surface area contributed by atoms with Crippen LogP contribution < -0.4 is 15.4 Å². The van der Waals surface area contributed by atoms with E-state index in [0.717, 1.165) is 24.3 Å². The second-order valence-corrected chi connectivity index (χ2v) is 7.70. The van der Waals surface area contributed by atoms with Gasteiger partial charge in [0.2, 0.25) is 5.91 Å². The van der Waals surface area contributed by atoms with Crippen LogP contribution in [0.1, 0.15) is 30.4 Å². The molecule has 1 saturated carbocycles. The number of nitrogens with one attached hydrogen (secondary N) is 2. The smallest absolute Gasteiger partial charge is 0.225 e. The number of hydrogen-bond acceptors (Lipinski definition) is 4. The topological polar surface area (TPSA) is 68.2 Å². The minimum absolute atomic E-state index is 0.0540. The molecule has 1 aromatic heterocycles. The molecule has 4 rings (SSSR count). The third-order valence-electron chi connectivity index (χ3n) is 5.98. The van der Waals surface area contributed by atoms with Gasteiger partial charge in [0.25, 0.3) is 0 Å². The zero-order valence-electron chi connectivity index (χ0n) is 15.5. The highest BCUT2D eigenvalue weighted by molar-refractivity contribution is 5.81. The summed E-state index contributed by atoms with van der Waals surface area (Å²) in [7, 11) is 3.60. The van der Waals surface area contributed by atoms with Crippen molar-refractivity contribution in [1.82, 2.24) is 20.4 Å². The Balaban J connectivity index is 1.46. The van der Waals surface area contributed by atoms with Gasteiger partial charge in [-0.3, -0.25) is 9.48 Å². The molecule has 0 spiro atoms. The van der Waals surface area contributed by atoms with Gasteiger partial charge in [-0.05, 0) is 18.1 Å². The van der Waals surface area contributed by atoms with Crippen LogP contribution in [0.5, 0.6) is 5.75 Å². The van der Waals surface area contributed by atoms with Crippen molar-refractivity contribution in [3.05, 3.63) is 47.8 Å². The molecule has 2 aliphatic rings. The fourth-order valence-corrected chi connectivity index (χ4v) is 4.20. The Labute approximate surface area is 153 Å². The summed E-state index contributed by atoms with van der Waals surface area (Å²) >= 11 is 0. The molecule has 0 bridgehead atoms. The van der Waals surface area contributed by atoms with Crippen molar-refractivity contribution >= 4 is 5.91 Å². The zero-order chi connectivity index (χ0) is 18.3. The first-order valence-corrected chi connectivity index (χ1v) is 9.16. The van der Waals surface area contributed by atoms with Crippen LogP contribution in [0.25, 0.3) is 0 Å². The normalized spacial score (nSPS) is 30.2. The molecular formula is C20H26N4O2. The molecular weight excluding hydrogens is 328 g/mol. The van der Waals surface area contributed by atoms with E-state index in [0.29, 0.717) is 6.54 Å². The first kappa shape index (κ1) is 17.1. The maximum Gasteiger partial charge on any atom is 0.225 e. The Hall–Kier alpha value is -2.34. The molecule has 1 aliphatic heterocycles. The molecule has 0 radical (unpaired) electrons. The average Bonchev–Trinajstić information content (AvgIpc) is 3.01. The number of rotatable bonds is 5. The van der Waals surface area contributed by atoms with Crippen LogP contribution in [0.3, 0.4) is 0 Å². The zero-order valence-corrected chi connectivity index (χ0v) is 15.5. The number of nitrogens with zero attached hydrogens (tertiary/aromatic N) is 2. The van der Waals surface area contributed by atoms with Crippen LogP contribution in [0, 0.1) is 5.92 Å². The number of carbonyl (C=O) groups excluding carboxylic acids is 1. The summed E-state index contributed by atoms with van der Waals surface area (Å²) in [6.45, 7) is 3.73. The number of aryl methyl sites for hydroxylation is 1. The Kier molecular flexibility index (Phi) is 4.23. The highest BCUT2D eigenvalue weighted by Crippen LogP contribution is 2.51. The van der Waals surface area contributed by atoms with Gasteiger partial charge in [-0.15, -0.1) is 0 Å². The SMILES string of the molecule is COc1ccccc1C1(C)CC1NC(=O)[C@H]1CNC[C@@H]1c1cnn(C)c1. The standard InChI is InChI=1S/C20H26N4O2/c1-20(16-6-4-5-7-17(16)26-3)8-18(20)23-19(25)15-11-21-10-14(15)13-9-22-24(2)12-13/h4-7,9,12,14-15,18,21H,8,10-11H2,1-3H3,(H,23,25)/t14-,15+,18?,20?/m1/s1. The average molecular weight is 354 g/mol. The van der Waals surface area contributed by atoms with E-state index in [2.05, 4.69) is 28.7 Å². The highest BCUT2D eigenvalue weighted by Gasteiger charge is 2.54. The van der Waals surface area contributed by atoms with Gasteiger partial charge in [0, 0.05) is 49.3 Å². The maximum atomic E-state index is 13.0. The Morgan fingerprint density at radius 2 is 2.19 bits per heavy atom. The molecule has 2 unspecified atom stereocenters. The summed E-state index contributed by atoms with van der Waals surface area (Å²) in [6, 6.07) is 8.24. The van der Waals surface area contributed by atoms with Crippen molar-refractivity contribution in [2.45, 2.75) is 30.7 Å². The molecule has 4 atom stereocenters. The molecule has 6 heteroatoms. The number of aromatic nitrogens is 2. The van der Waals surface area contributed by atoms with Crippen molar-refractivity contribution in [1.29, 1.82) is 0 Å². The van der Waals surface area contributed by atoms with E-state index >= 15 is 0 Å². The van der Waals surface area contributed by atoms with Crippen molar-refractivity contribution in [2.75, 3.05) is 20.2 Å². The lowest BCUT2D eigenvalue weighted by Gasteiger charge is -2.20. The summed E-state index contributed by atoms with van der Waals surface area (Å²) in [6.07, 6.45) is 4.82. The number of carbonyl (C=O) groups is 1. The summed E-state index contributed by atoms with van der Waals surface area (Å²) in [5.41, 5.74) is 2.24. The van der Waals surface area contributed by atoms with E-state index < -0.39 is 0 Å². The van der Waals surface area contributed by atoms with E-state index in [1.54, 1.807) is 11.8 Å². The Morgan fingerprint density at radius 3 is 2.92 bits per heavy atom. The summed E-state index contributed by atoms with van der Waals surface area (Å²) in [5.74, 6) is 1.15. The van der Waals surface area contributed by atoms with Crippen LogP contribution in [0.4, 0.5) is 0 Å². The van der Waals surface area contributed by atoms with Gasteiger partial charge < -0.3 is 15.4 Å². The molecule has 6 nitrogen and oxygen atoms in total. The largest absolute Gasteiger partial charge is 0.496 e. The number of hydrogen-bond donors (Lipinski definition) is 2. The van der Waals surface area contributed by atoms with Crippen LogP contribution in [-0.2, 0) is 17.3 Å².